The number of rotatable bonds is 5. The number of ether oxygens (including phenoxy) is 1. The van der Waals surface area contributed by atoms with E-state index in [4.69, 9.17) is 5.73 Å². The highest BCUT2D eigenvalue weighted by Crippen LogP contribution is 2.25. The number of amides is 1. The van der Waals surface area contributed by atoms with E-state index in [0.29, 0.717) is 18.9 Å². The average Bonchev–Trinajstić information content (AvgIpc) is 2.32. The third-order valence-electron chi connectivity index (χ3n) is 3.29. The maximum Gasteiger partial charge on any atom is 0.307 e. The van der Waals surface area contributed by atoms with Crippen molar-refractivity contribution in [1.29, 1.82) is 0 Å². The van der Waals surface area contributed by atoms with E-state index < -0.39 is 0 Å². The molecule has 2 unspecified atom stereocenters. The second-order valence-corrected chi connectivity index (χ2v) is 4.59. The van der Waals surface area contributed by atoms with Gasteiger partial charge in [-0.25, -0.2) is 0 Å². The molecule has 0 aromatic carbocycles. The molecule has 0 spiro atoms. The van der Waals surface area contributed by atoms with Gasteiger partial charge in [-0.2, -0.15) is 0 Å². The van der Waals surface area contributed by atoms with Crippen LogP contribution in [-0.2, 0) is 14.3 Å². The summed E-state index contributed by atoms with van der Waals surface area (Å²) in [5, 5.41) is 2.72. The molecule has 106 valence electrons. The van der Waals surface area contributed by atoms with Gasteiger partial charge >= 0.3 is 5.97 Å². The first-order valence-electron chi connectivity index (χ1n) is 6.22. The Bertz CT molecular complexity index is 274. The summed E-state index contributed by atoms with van der Waals surface area (Å²) < 4.78 is 4.49. The lowest BCUT2D eigenvalue weighted by Crippen LogP contribution is -2.37. The fraction of sp³-hybridized carbons (Fsp3) is 0.833. The molecule has 1 fully saturated rings. The van der Waals surface area contributed by atoms with Gasteiger partial charge in [0.25, 0.3) is 0 Å². The minimum Gasteiger partial charge on any atom is -0.469 e. The lowest BCUT2D eigenvalue weighted by Gasteiger charge is -2.27. The lowest BCUT2D eigenvalue weighted by molar-refractivity contribution is -0.140. The van der Waals surface area contributed by atoms with Gasteiger partial charge < -0.3 is 15.8 Å². The van der Waals surface area contributed by atoms with Gasteiger partial charge in [0.1, 0.15) is 0 Å². The summed E-state index contributed by atoms with van der Waals surface area (Å²) in [4.78, 5) is 22.4. The molecule has 1 rings (SSSR count). The highest BCUT2D eigenvalue weighted by Gasteiger charge is 2.23. The van der Waals surface area contributed by atoms with Crippen molar-refractivity contribution in [2.75, 3.05) is 13.7 Å². The molecular formula is C12H23ClN2O3. The zero-order chi connectivity index (χ0) is 12.7. The Morgan fingerprint density at radius 2 is 2.00 bits per heavy atom. The van der Waals surface area contributed by atoms with Crippen molar-refractivity contribution in [2.24, 2.45) is 11.7 Å². The van der Waals surface area contributed by atoms with Gasteiger partial charge in [0.05, 0.1) is 13.5 Å². The number of nitrogens with two attached hydrogens (primary N) is 1. The second kappa shape index (κ2) is 9.16. The Hall–Kier alpha value is -0.810. The van der Waals surface area contributed by atoms with Crippen molar-refractivity contribution in [1.82, 2.24) is 5.32 Å². The van der Waals surface area contributed by atoms with E-state index in [9.17, 15) is 9.59 Å². The molecule has 0 bridgehead atoms. The number of carbonyl (C=O) groups is 2. The van der Waals surface area contributed by atoms with Gasteiger partial charge in [-0.3, -0.25) is 9.59 Å². The van der Waals surface area contributed by atoms with E-state index in [1.165, 1.54) is 13.5 Å². The molecule has 1 saturated carbocycles. The summed E-state index contributed by atoms with van der Waals surface area (Å²) in [5.41, 5.74) is 5.97. The van der Waals surface area contributed by atoms with Crippen LogP contribution in [0.25, 0.3) is 0 Å². The molecule has 3 N–H and O–H groups in total. The number of esters is 1. The highest BCUT2D eigenvalue weighted by atomic mass is 35.5. The molecule has 2 atom stereocenters. The van der Waals surface area contributed by atoms with Crippen molar-refractivity contribution >= 4 is 24.3 Å². The summed E-state index contributed by atoms with van der Waals surface area (Å²) in [6.45, 7) is 0.341. The van der Waals surface area contributed by atoms with Gasteiger partial charge in [0.15, 0.2) is 0 Å². The SMILES string of the molecule is COC(=O)CCNC(=O)CC1CCCCC1N.Cl. The van der Waals surface area contributed by atoms with Gasteiger partial charge in [0, 0.05) is 19.0 Å². The molecule has 0 heterocycles. The van der Waals surface area contributed by atoms with Crippen LogP contribution in [0.3, 0.4) is 0 Å². The molecule has 1 aliphatic carbocycles. The minimum atomic E-state index is -0.306. The van der Waals surface area contributed by atoms with E-state index in [1.807, 2.05) is 0 Å². The Morgan fingerprint density at radius 1 is 1.33 bits per heavy atom. The van der Waals surface area contributed by atoms with E-state index in [2.05, 4.69) is 10.1 Å². The molecule has 6 heteroatoms. The summed E-state index contributed by atoms with van der Waals surface area (Å²) in [5.74, 6) is -0.0298. The van der Waals surface area contributed by atoms with Gasteiger partial charge in [-0.1, -0.05) is 12.8 Å². The predicted octanol–water partition coefficient (Wildman–Crippen LogP) is 0.995. The smallest absolute Gasteiger partial charge is 0.307 e. The van der Waals surface area contributed by atoms with Crippen molar-refractivity contribution in [3.05, 3.63) is 0 Å². The van der Waals surface area contributed by atoms with Crippen LogP contribution in [-0.4, -0.2) is 31.6 Å². The number of hydrogen-bond donors (Lipinski definition) is 2. The monoisotopic (exact) mass is 278 g/mol. The predicted molar refractivity (Wildman–Crippen MR) is 71.4 cm³/mol. The first-order chi connectivity index (χ1) is 8.13. The number of halogens is 1. The standard InChI is InChI=1S/C12H22N2O3.ClH/c1-17-12(16)6-7-14-11(15)8-9-4-2-3-5-10(9)13;/h9-10H,2-8,13H2,1H3,(H,14,15);1H. The molecule has 0 aromatic rings. The summed E-state index contributed by atoms with van der Waals surface area (Å²) >= 11 is 0. The Morgan fingerprint density at radius 3 is 2.61 bits per heavy atom. The largest absolute Gasteiger partial charge is 0.469 e. The lowest BCUT2D eigenvalue weighted by atomic mass is 9.83. The van der Waals surface area contributed by atoms with Crippen LogP contribution in [0.1, 0.15) is 38.5 Å². The van der Waals surface area contributed by atoms with Crippen LogP contribution in [0.2, 0.25) is 0 Å². The van der Waals surface area contributed by atoms with Crippen LogP contribution in [0.15, 0.2) is 0 Å². The van der Waals surface area contributed by atoms with Crippen LogP contribution >= 0.6 is 12.4 Å². The van der Waals surface area contributed by atoms with Gasteiger partial charge in [-0.15, -0.1) is 12.4 Å². The van der Waals surface area contributed by atoms with Crippen molar-refractivity contribution in [2.45, 2.75) is 44.6 Å². The van der Waals surface area contributed by atoms with Crippen LogP contribution < -0.4 is 11.1 Å². The van der Waals surface area contributed by atoms with Gasteiger partial charge in [-0.05, 0) is 18.8 Å². The van der Waals surface area contributed by atoms with Crippen LogP contribution in [0.4, 0.5) is 0 Å². The zero-order valence-electron chi connectivity index (χ0n) is 10.8. The summed E-state index contributed by atoms with van der Waals surface area (Å²) in [6.07, 6.45) is 5.07. The number of carbonyl (C=O) groups excluding carboxylic acids is 2. The van der Waals surface area contributed by atoms with E-state index in [1.54, 1.807) is 0 Å². The topological polar surface area (TPSA) is 81.4 Å². The molecule has 0 saturated heterocycles. The molecule has 18 heavy (non-hydrogen) atoms. The van der Waals surface area contributed by atoms with Crippen molar-refractivity contribution in [3.63, 3.8) is 0 Å². The third kappa shape index (κ3) is 6.21. The first-order valence-corrected chi connectivity index (χ1v) is 6.22. The summed E-state index contributed by atoms with van der Waals surface area (Å²) in [6, 6.07) is 0.148. The highest BCUT2D eigenvalue weighted by molar-refractivity contribution is 5.85. The number of methoxy groups -OCH3 is 1. The Kier molecular flexibility index (Phi) is 8.75. The van der Waals surface area contributed by atoms with Crippen LogP contribution in [0.5, 0.6) is 0 Å². The fourth-order valence-corrected chi connectivity index (χ4v) is 2.21. The maximum atomic E-state index is 11.6. The average molecular weight is 279 g/mol. The van der Waals surface area contributed by atoms with Crippen LogP contribution in [0, 0.1) is 5.92 Å². The molecule has 1 aliphatic rings. The van der Waals surface area contributed by atoms with Crippen molar-refractivity contribution < 1.29 is 14.3 Å². The molecule has 0 radical (unpaired) electrons. The third-order valence-corrected chi connectivity index (χ3v) is 3.29. The van der Waals surface area contributed by atoms with E-state index in [0.717, 1.165) is 19.3 Å². The zero-order valence-corrected chi connectivity index (χ0v) is 11.6. The normalized spacial score (nSPS) is 22.8. The molecule has 0 aliphatic heterocycles. The number of hydrogen-bond acceptors (Lipinski definition) is 4. The second-order valence-electron chi connectivity index (χ2n) is 4.59. The van der Waals surface area contributed by atoms with Crippen molar-refractivity contribution in [3.8, 4) is 0 Å². The molecular weight excluding hydrogens is 256 g/mol. The molecule has 5 nitrogen and oxygen atoms in total. The van der Waals surface area contributed by atoms with E-state index in [-0.39, 0.29) is 36.7 Å². The summed E-state index contributed by atoms with van der Waals surface area (Å²) in [7, 11) is 1.34. The first kappa shape index (κ1) is 17.2. The Labute approximate surface area is 114 Å². The fourth-order valence-electron chi connectivity index (χ4n) is 2.21. The quantitative estimate of drug-likeness (QED) is 0.735. The van der Waals surface area contributed by atoms with E-state index >= 15 is 0 Å². The number of nitrogens with one attached hydrogen (secondary N) is 1. The Balaban J connectivity index is 0.00000289. The molecule has 1 amide bonds. The molecule has 0 aromatic heterocycles. The van der Waals surface area contributed by atoms with Gasteiger partial charge in [0.2, 0.25) is 5.91 Å². The maximum absolute atomic E-state index is 11.6. The minimum absolute atomic E-state index is 0.